The predicted molar refractivity (Wildman–Crippen MR) is 83.7 cm³/mol. The molecule has 26 heavy (non-hydrogen) atoms. The van der Waals surface area contributed by atoms with Gasteiger partial charge in [0.05, 0.1) is 0 Å². The highest BCUT2D eigenvalue weighted by molar-refractivity contribution is 7.94. The van der Waals surface area contributed by atoms with Gasteiger partial charge in [0.2, 0.25) is 15.9 Å². The first kappa shape index (κ1) is 20.5. The summed E-state index contributed by atoms with van der Waals surface area (Å²) in [6, 6.07) is -3.19. The van der Waals surface area contributed by atoms with E-state index in [1.165, 1.54) is 21.0 Å². The van der Waals surface area contributed by atoms with Crippen LogP contribution in [0.1, 0.15) is 13.8 Å². The number of ether oxygens (including phenoxy) is 2. The third-order valence-electron chi connectivity index (χ3n) is 4.23. The number of fused-ring (bicyclic) bond motifs is 1. The molecule has 12 nitrogen and oxygen atoms in total. The number of carbonyl (C=O) groups excluding carboxylic acids is 2. The van der Waals surface area contributed by atoms with E-state index in [9.17, 15) is 31.2 Å². The Labute approximate surface area is 149 Å². The topological polar surface area (TPSA) is 173 Å². The summed E-state index contributed by atoms with van der Waals surface area (Å²) in [5, 5.41) is 6.95. The SMILES string of the molecule is COCOC(=O)[C@@H]1N2C(=O)[C@@H](NS(=O)(=O)CC(=O)O)[C@H]2S(=O)(=O)C1(C)C. The van der Waals surface area contributed by atoms with E-state index in [0.717, 1.165) is 4.90 Å². The quantitative estimate of drug-likeness (QED) is 0.252. The van der Waals surface area contributed by atoms with Crippen molar-refractivity contribution in [2.75, 3.05) is 19.7 Å². The number of nitrogens with one attached hydrogen (secondary N) is 1. The number of esters is 1. The minimum Gasteiger partial charge on any atom is -0.480 e. The summed E-state index contributed by atoms with van der Waals surface area (Å²) in [4.78, 5) is 35.8. The van der Waals surface area contributed by atoms with Gasteiger partial charge in [-0.3, -0.25) is 9.59 Å². The second-order valence-corrected chi connectivity index (χ2v) is 10.7. The molecule has 0 radical (unpaired) electrons. The molecule has 148 valence electrons. The van der Waals surface area contributed by atoms with Crippen molar-refractivity contribution in [2.24, 2.45) is 0 Å². The molecule has 0 aliphatic carbocycles. The number of rotatable bonds is 7. The molecule has 2 saturated heterocycles. The van der Waals surface area contributed by atoms with Gasteiger partial charge in [-0.05, 0) is 13.8 Å². The van der Waals surface area contributed by atoms with Crippen LogP contribution in [0.2, 0.25) is 0 Å². The van der Waals surface area contributed by atoms with Crippen LogP contribution in [0.3, 0.4) is 0 Å². The van der Waals surface area contributed by atoms with Crippen molar-refractivity contribution in [3.63, 3.8) is 0 Å². The first-order valence-corrected chi connectivity index (χ1v) is 10.4. The van der Waals surface area contributed by atoms with E-state index in [1.807, 2.05) is 0 Å². The zero-order chi connectivity index (χ0) is 20.1. The number of sulfonamides is 1. The highest BCUT2D eigenvalue weighted by Crippen LogP contribution is 2.46. The summed E-state index contributed by atoms with van der Waals surface area (Å²) in [6.07, 6.45) is 0. The molecule has 0 aromatic rings. The Morgan fingerprint density at radius 2 is 1.92 bits per heavy atom. The molecule has 1 amide bonds. The molecule has 0 unspecified atom stereocenters. The van der Waals surface area contributed by atoms with Crippen molar-refractivity contribution in [2.45, 2.75) is 36.1 Å². The summed E-state index contributed by atoms with van der Waals surface area (Å²) in [5.74, 6) is -4.97. The Balaban J connectivity index is 2.35. The summed E-state index contributed by atoms with van der Waals surface area (Å²) in [5.41, 5.74) is 0. The summed E-state index contributed by atoms with van der Waals surface area (Å²) in [7, 11) is -7.38. The van der Waals surface area contributed by atoms with Crippen molar-refractivity contribution in [1.82, 2.24) is 9.62 Å². The number of carboxylic acid groups (broad SMARTS) is 1. The van der Waals surface area contributed by atoms with E-state index in [4.69, 9.17) is 9.84 Å². The molecule has 0 bridgehead atoms. The Kier molecular flexibility index (Phi) is 5.09. The fourth-order valence-electron chi connectivity index (χ4n) is 2.99. The number of methoxy groups -OCH3 is 1. The predicted octanol–water partition coefficient (Wildman–Crippen LogP) is -2.75. The van der Waals surface area contributed by atoms with Gasteiger partial charge in [-0.15, -0.1) is 0 Å². The molecule has 0 saturated carbocycles. The highest BCUT2D eigenvalue weighted by Gasteiger charge is 2.73. The molecule has 2 rings (SSSR count). The van der Waals surface area contributed by atoms with Crippen molar-refractivity contribution in [1.29, 1.82) is 0 Å². The zero-order valence-electron chi connectivity index (χ0n) is 14.0. The second kappa shape index (κ2) is 6.44. The fourth-order valence-corrected chi connectivity index (χ4v) is 6.31. The van der Waals surface area contributed by atoms with Crippen molar-refractivity contribution < 1.29 is 45.8 Å². The minimum absolute atomic E-state index is 0.452. The van der Waals surface area contributed by atoms with Crippen LogP contribution >= 0.6 is 0 Å². The Bertz CT molecular complexity index is 847. The number of amides is 1. The van der Waals surface area contributed by atoms with Gasteiger partial charge in [-0.2, -0.15) is 4.72 Å². The Hall–Kier alpha value is -1.77. The average Bonchev–Trinajstić information content (AvgIpc) is 2.62. The summed E-state index contributed by atoms with van der Waals surface area (Å²) >= 11 is 0. The molecule has 2 aliphatic heterocycles. The standard InChI is InChI=1S/C12H18N2O10S2/c1-12(2)8(11(18)24-5-23-3)14-9(17)7(10(14)26(12,21)22)13-25(19,20)4-6(15)16/h7-8,10,13H,4-5H2,1-3H3,(H,15,16)/t7-,8+,10-/m1/s1. The Morgan fingerprint density at radius 1 is 1.35 bits per heavy atom. The van der Waals surface area contributed by atoms with E-state index in [-0.39, 0.29) is 0 Å². The molecule has 2 fully saturated rings. The van der Waals surface area contributed by atoms with E-state index >= 15 is 0 Å². The van der Waals surface area contributed by atoms with Crippen LogP contribution in [0.15, 0.2) is 0 Å². The molecular weight excluding hydrogens is 396 g/mol. The van der Waals surface area contributed by atoms with E-state index < -0.39 is 72.5 Å². The summed E-state index contributed by atoms with van der Waals surface area (Å²) < 4.78 is 58.4. The van der Waals surface area contributed by atoms with Crippen LogP contribution in [0.5, 0.6) is 0 Å². The minimum atomic E-state index is -4.45. The first-order valence-electron chi connectivity index (χ1n) is 7.21. The molecule has 0 spiro atoms. The molecule has 14 heteroatoms. The largest absolute Gasteiger partial charge is 0.480 e. The Morgan fingerprint density at radius 3 is 2.42 bits per heavy atom. The van der Waals surface area contributed by atoms with Gasteiger partial charge < -0.3 is 19.5 Å². The maximum atomic E-state index is 12.7. The lowest BCUT2D eigenvalue weighted by atomic mass is 9.96. The molecule has 2 N–H and O–H groups in total. The van der Waals surface area contributed by atoms with Gasteiger partial charge in [0.25, 0.3) is 0 Å². The molecule has 0 aromatic carbocycles. The van der Waals surface area contributed by atoms with Gasteiger partial charge >= 0.3 is 11.9 Å². The van der Waals surface area contributed by atoms with Gasteiger partial charge in [0, 0.05) is 7.11 Å². The molecule has 3 atom stereocenters. The number of carboxylic acids is 1. The number of aliphatic carboxylic acids is 1. The lowest BCUT2D eigenvalue weighted by Gasteiger charge is -2.42. The lowest BCUT2D eigenvalue weighted by molar-refractivity contribution is -0.170. The van der Waals surface area contributed by atoms with Crippen LogP contribution < -0.4 is 4.72 Å². The summed E-state index contributed by atoms with van der Waals surface area (Å²) in [6.45, 7) is 1.98. The average molecular weight is 414 g/mol. The van der Waals surface area contributed by atoms with Crippen LogP contribution in [-0.2, 0) is 43.7 Å². The number of nitrogens with zero attached hydrogens (tertiary/aromatic N) is 1. The monoisotopic (exact) mass is 414 g/mol. The smallest absolute Gasteiger partial charge is 0.332 e. The molecule has 2 heterocycles. The first-order chi connectivity index (χ1) is 11.8. The van der Waals surface area contributed by atoms with Crippen molar-refractivity contribution in [3.8, 4) is 0 Å². The fraction of sp³-hybridized carbons (Fsp3) is 0.750. The van der Waals surface area contributed by atoms with E-state index in [2.05, 4.69) is 4.74 Å². The van der Waals surface area contributed by atoms with E-state index in [1.54, 1.807) is 4.72 Å². The number of hydrogen-bond acceptors (Lipinski definition) is 9. The highest BCUT2D eigenvalue weighted by atomic mass is 32.2. The van der Waals surface area contributed by atoms with Gasteiger partial charge in [0.15, 0.2) is 27.8 Å². The van der Waals surface area contributed by atoms with Crippen molar-refractivity contribution >= 4 is 37.7 Å². The van der Waals surface area contributed by atoms with Gasteiger partial charge in [-0.1, -0.05) is 0 Å². The maximum absolute atomic E-state index is 12.7. The maximum Gasteiger partial charge on any atom is 0.332 e. The van der Waals surface area contributed by atoms with Gasteiger partial charge in [0.1, 0.15) is 16.8 Å². The van der Waals surface area contributed by atoms with Crippen molar-refractivity contribution in [3.05, 3.63) is 0 Å². The van der Waals surface area contributed by atoms with Gasteiger partial charge in [-0.25, -0.2) is 21.6 Å². The molecular formula is C12H18N2O10S2. The lowest BCUT2D eigenvalue weighted by Crippen LogP contribution is -2.72. The zero-order valence-corrected chi connectivity index (χ0v) is 15.7. The van der Waals surface area contributed by atoms with Crippen LogP contribution in [0, 0.1) is 0 Å². The third kappa shape index (κ3) is 3.06. The number of β-lactam (4-membered cyclic amide) rings is 1. The number of hydrogen-bond donors (Lipinski definition) is 2. The van der Waals surface area contributed by atoms with Crippen LogP contribution in [0.25, 0.3) is 0 Å². The molecule has 0 aromatic heterocycles. The van der Waals surface area contributed by atoms with E-state index in [0.29, 0.717) is 0 Å². The molecule has 2 aliphatic rings. The van der Waals surface area contributed by atoms with Crippen LogP contribution in [-0.4, -0.2) is 86.5 Å². The number of carbonyl (C=O) groups is 3. The third-order valence-corrected chi connectivity index (χ3v) is 8.30. The normalized spacial score (nSPS) is 29.0. The number of sulfone groups is 1. The second-order valence-electron chi connectivity index (χ2n) is 6.31. The van der Waals surface area contributed by atoms with Crippen LogP contribution in [0.4, 0.5) is 0 Å².